The van der Waals surface area contributed by atoms with Gasteiger partial charge < -0.3 is 34.6 Å². The molecule has 0 aromatic heterocycles. The molecule has 500 valence electrons. The summed E-state index contributed by atoms with van der Waals surface area (Å²) in [5, 5.41) is 41.9. The van der Waals surface area contributed by atoms with E-state index < -0.39 is 42.6 Å². The summed E-state index contributed by atoms with van der Waals surface area (Å²) in [7, 11) is 1.41. The molecule has 2 aliphatic rings. The van der Waals surface area contributed by atoms with E-state index in [-0.39, 0.29) is 12.7 Å². The van der Waals surface area contributed by atoms with Crippen LogP contribution in [0, 0.1) is 29.6 Å². The van der Waals surface area contributed by atoms with Crippen molar-refractivity contribution in [2.75, 3.05) is 13.7 Å². The van der Waals surface area contributed by atoms with E-state index in [2.05, 4.69) is 27.7 Å². The maximum Gasteiger partial charge on any atom is 0.311 e. The summed E-state index contributed by atoms with van der Waals surface area (Å²) in [5.74, 6) is 2.41. The van der Waals surface area contributed by atoms with Gasteiger partial charge in [0.1, 0.15) is 24.9 Å². The lowest BCUT2D eigenvalue weighted by atomic mass is 9.91. The van der Waals surface area contributed by atoms with Crippen molar-refractivity contribution in [1.82, 2.24) is 0 Å². The van der Waals surface area contributed by atoms with Crippen molar-refractivity contribution >= 4 is 5.97 Å². The smallest absolute Gasteiger partial charge is 0.311 e. The van der Waals surface area contributed by atoms with Crippen LogP contribution in [-0.4, -0.2) is 76.9 Å². The van der Waals surface area contributed by atoms with E-state index in [4.69, 9.17) is 14.2 Å². The molecular formula is C76H148O8. The Morgan fingerprint density at radius 3 is 1.06 bits per heavy atom. The second kappa shape index (κ2) is 57.4. The van der Waals surface area contributed by atoms with Gasteiger partial charge >= 0.3 is 5.97 Å². The predicted molar refractivity (Wildman–Crippen MR) is 359 cm³/mol. The number of carbonyl (C=O) groups is 1. The monoisotopic (exact) mass is 1190 g/mol. The Hall–Kier alpha value is -0.770. The zero-order chi connectivity index (χ0) is 60.8. The van der Waals surface area contributed by atoms with E-state index in [1.807, 2.05) is 0 Å². The van der Waals surface area contributed by atoms with Crippen molar-refractivity contribution in [3.05, 3.63) is 0 Å². The molecule has 8 nitrogen and oxygen atoms in total. The fourth-order valence-corrected chi connectivity index (χ4v) is 14.0. The van der Waals surface area contributed by atoms with Crippen LogP contribution in [-0.2, 0) is 19.0 Å². The van der Waals surface area contributed by atoms with Crippen LogP contribution in [0.15, 0.2) is 0 Å². The molecule has 0 amide bonds. The normalized spacial score (nSPS) is 20.3. The van der Waals surface area contributed by atoms with E-state index in [0.717, 1.165) is 56.3 Å². The molecule has 0 unspecified atom stereocenters. The van der Waals surface area contributed by atoms with Gasteiger partial charge in [-0.2, -0.15) is 0 Å². The fourth-order valence-electron chi connectivity index (χ4n) is 14.0. The van der Waals surface area contributed by atoms with Crippen LogP contribution in [0.5, 0.6) is 0 Å². The second-order valence-corrected chi connectivity index (χ2v) is 28.5. The fraction of sp³-hybridized carbons (Fsp3) is 0.987. The van der Waals surface area contributed by atoms with Crippen LogP contribution >= 0.6 is 0 Å². The quantitative estimate of drug-likeness (QED) is 0.0351. The van der Waals surface area contributed by atoms with Crippen molar-refractivity contribution in [2.45, 2.75) is 437 Å². The standard InChI is InChI=1S/C76H148O8/c1-6-7-8-9-10-11-12-13-14-15-16-17-18-19-20-24-30-35-40-45-50-55-60-68(75(81)83-64-72-73(79)74(80)76(82-5)84-72)71(78)62-57-52-47-42-37-32-27-26-29-34-39-44-49-54-59-67-63-69(67)66(4)58-53-48-43-38-33-28-23-21-22-25-31-36-41-46-51-56-61-70(77)65(2)3/h65-74,76-80H,6-64H2,1-5H3/t66-,67-,68-,69-,70-,71+,72-,73-,74+,76+/m1/s1. The number of esters is 1. The summed E-state index contributed by atoms with van der Waals surface area (Å²) in [6.07, 6.45) is 71.9. The first-order chi connectivity index (χ1) is 41.1. The number of methoxy groups -OCH3 is 1. The van der Waals surface area contributed by atoms with E-state index >= 15 is 0 Å². The molecular weight excluding hydrogens is 1040 g/mol. The van der Waals surface area contributed by atoms with Gasteiger partial charge in [-0.05, 0) is 49.4 Å². The summed E-state index contributed by atoms with van der Waals surface area (Å²) in [6.45, 7) is 8.91. The third kappa shape index (κ3) is 44.6. The van der Waals surface area contributed by atoms with Gasteiger partial charge in [-0.25, -0.2) is 0 Å². The van der Waals surface area contributed by atoms with Crippen LogP contribution in [0.4, 0.5) is 0 Å². The minimum atomic E-state index is -1.19. The molecule has 4 N–H and O–H groups in total. The zero-order valence-electron chi connectivity index (χ0n) is 57.0. The Morgan fingerprint density at radius 2 is 0.726 bits per heavy atom. The molecule has 2 fully saturated rings. The SMILES string of the molecule is CCCCCCCCCCCCCCCCCCCCCCCC[C@@H](C(=O)OC[C@H]1O[C@H](OC)[C@@H](O)[C@@H]1O)[C@@H](O)CCCCCCCCCCCCCCCC[C@@H]1C[C@@H]1[C@H](C)CCCCCCCCCCCCCCCCCC[C@@H](O)C(C)C. The maximum absolute atomic E-state index is 13.4. The molecule has 8 heteroatoms. The first-order valence-corrected chi connectivity index (χ1v) is 38.2. The Morgan fingerprint density at radius 1 is 0.417 bits per heavy atom. The number of hydrogen-bond donors (Lipinski definition) is 4. The van der Waals surface area contributed by atoms with Gasteiger partial charge in [0.25, 0.3) is 0 Å². The van der Waals surface area contributed by atoms with E-state index in [9.17, 15) is 25.2 Å². The minimum Gasteiger partial charge on any atom is -0.463 e. The molecule has 2 rings (SSSR count). The summed E-state index contributed by atoms with van der Waals surface area (Å²) >= 11 is 0. The lowest BCUT2D eigenvalue weighted by Crippen LogP contribution is -2.37. The average Bonchev–Trinajstić information content (AvgIpc) is 4.43. The lowest BCUT2D eigenvalue weighted by Gasteiger charge is -2.23. The van der Waals surface area contributed by atoms with Gasteiger partial charge in [-0.3, -0.25) is 4.79 Å². The van der Waals surface area contributed by atoms with Crippen molar-refractivity contribution in [3.63, 3.8) is 0 Å². The number of aliphatic hydroxyl groups excluding tert-OH is 4. The van der Waals surface area contributed by atoms with Crippen molar-refractivity contribution in [2.24, 2.45) is 29.6 Å². The summed E-state index contributed by atoms with van der Waals surface area (Å²) < 4.78 is 16.4. The van der Waals surface area contributed by atoms with Gasteiger partial charge in [0.15, 0.2) is 6.29 Å². The molecule has 0 spiro atoms. The summed E-state index contributed by atoms with van der Waals surface area (Å²) in [5.41, 5.74) is 0. The second-order valence-electron chi connectivity index (χ2n) is 28.5. The van der Waals surface area contributed by atoms with Crippen LogP contribution < -0.4 is 0 Å². The van der Waals surface area contributed by atoms with Crippen LogP contribution in [0.3, 0.4) is 0 Å². The number of unbranched alkanes of at least 4 members (excludes halogenated alkanes) is 49. The Balaban J connectivity index is 1.39. The zero-order valence-corrected chi connectivity index (χ0v) is 57.0. The molecule has 1 saturated carbocycles. The summed E-state index contributed by atoms with van der Waals surface area (Å²) in [4.78, 5) is 13.4. The highest BCUT2D eigenvalue weighted by Gasteiger charge is 2.44. The highest BCUT2D eigenvalue weighted by Crippen LogP contribution is 2.49. The van der Waals surface area contributed by atoms with Crippen LogP contribution in [0.2, 0.25) is 0 Å². The molecule has 0 aromatic rings. The lowest BCUT2D eigenvalue weighted by molar-refractivity contribution is -0.170. The van der Waals surface area contributed by atoms with Gasteiger partial charge in [0.2, 0.25) is 0 Å². The third-order valence-corrected chi connectivity index (χ3v) is 20.3. The number of carbonyl (C=O) groups excluding carboxylic acids is 1. The Labute approximate surface area is 523 Å². The highest BCUT2D eigenvalue weighted by atomic mass is 16.7. The molecule has 1 aliphatic carbocycles. The third-order valence-electron chi connectivity index (χ3n) is 20.3. The van der Waals surface area contributed by atoms with Gasteiger partial charge in [0, 0.05) is 7.11 Å². The molecule has 1 aliphatic heterocycles. The molecule has 1 saturated heterocycles. The first-order valence-electron chi connectivity index (χ1n) is 38.2. The van der Waals surface area contributed by atoms with Crippen LogP contribution in [0.25, 0.3) is 0 Å². The number of rotatable bonds is 66. The maximum atomic E-state index is 13.4. The van der Waals surface area contributed by atoms with Crippen molar-refractivity contribution < 1.29 is 39.4 Å². The van der Waals surface area contributed by atoms with E-state index in [1.165, 1.54) is 328 Å². The number of aliphatic hydroxyl groups is 4. The van der Waals surface area contributed by atoms with E-state index in [0.29, 0.717) is 18.8 Å². The molecule has 1 heterocycles. The average molecular weight is 1190 g/mol. The minimum absolute atomic E-state index is 0.101. The number of ether oxygens (including phenoxy) is 3. The highest BCUT2D eigenvalue weighted by molar-refractivity contribution is 5.73. The van der Waals surface area contributed by atoms with Gasteiger partial charge in [-0.15, -0.1) is 0 Å². The first kappa shape index (κ1) is 79.3. The van der Waals surface area contributed by atoms with Gasteiger partial charge in [-0.1, -0.05) is 374 Å². The number of hydrogen-bond acceptors (Lipinski definition) is 8. The summed E-state index contributed by atoms with van der Waals surface area (Å²) in [6, 6.07) is 0. The Bertz CT molecular complexity index is 1380. The van der Waals surface area contributed by atoms with Gasteiger partial charge in [0.05, 0.1) is 18.1 Å². The van der Waals surface area contributed by atoms with Crippen LogP contribution in [0.1, 0.15) is 400 Å². The molecule has 0 bridgehead atoms. The predicted octanol–water partition coefficient (Wildman–Crippen LogP) is 22.1. The largest absolute Gasteiger partial charge is 0.463 e. The molecule has 10 atom stereocenters. The van der Waals surface area contributed by atoms with Crippen molar-refractivity contribution in [1.29, 1.82) is 0 Å². The van der Waals surface area contributed by atoms with Crippen molar-refractivity contribution in [3.8, 4) is 0 Å². The van der Waals surface area contributed by atoms with E-state index in [1.54, 1.807) is 0 Å². The topological polar surface area (TPSA) is 126 Å². The molecule has 0 radical (unpaired) electrons. The molecule has 0 aromatic carbocycles. The Kier molecular flexibility index (Phi) is 54.2. The molecule has 84 heavy (non-hydrogen) atoms.